The van der Waals surface area contributed by atoms with Crippen LogP contribution in [0.1, 0.15) is 32.1 Å². The Morgan fingerprint density at radius 2 is 2.00 bits per heavy atom. The van der Waals surface area contributed by atoms with E-state index < -0.39 is 0 Å². The number of rotatable bonds is 3. The molecular weight excluding hydrogens is 164 g/mol. The molecule has 0 unspecified atom stereocenters. The molecule has 0 aromatic heterocycles. The Morgan fingerprint density at radius 1 is 1.38 bits per heavy atom. The van der Waals surface area contributed by atoms with Gasteiger partial charge in [-0.05, 0) is 19.9 Å². The van der Waals surface area contributed by atoms with Crippen molar-refractivity contribution >= 4 is 5.91 Å². The number of nitrogens with zero attached hydrogens (tertiary/aromatic N) is 1. The standard InChI is InChI=1S/C10H20N2O/c1-11-8-10(13)12(2)9-6-4-3-5-7-9/h9,11H,3-8H2,1-2H3. The molecule has 1 aliphatic rings. The Bertz CT molecular complexity index is 164. The monoisotopic (exact) mass is 184 g/mol. The minimum Gasteiger partial charge on any atom is -0.342 e. The zero-order valence-electron chi connectivity index (χ0n) is 8.68. The Morgan fingerprint density at radius 3 is 2.54 bits per heavy atom. The second kappa shape index (κ2) is 5.22. The predicted octanol–water partition coefficient (Wildman–Crippen LogP) is 0.997. The van der Waals surface area contributed by atoms with E-state index in [1.165, 1.54) is 32.1 Å². The van der Waals surface area contributed by atoms with Crippen molar-refractivity contribution in [1.82, 2.24) is 10.2 Å². The lowest BCUT2D eigenvalue weighted by Gasteiger charge is -2.31. The van der Waals surface area contributed by atoms with E-state index in [1.54, 1.807) is 0 Å². The maximum absolute atomic E-state index is 11.5. The maximum Gasteiger partial charge on any atom is 0.236 e. The van der Waals surface area contributed by atoms with E-state index in [4.69, 9.17) is 0 Å². The van der Waals surface area contributed by atoms with Crippen LogP contribution in [0, 0.1) is 0 Å². The van der Waals surface area contributed by atoms with Crippen molar-refractivity contribution in [2.75, 3.05) is 20.6 Å². The molecule has 0 aliphatic heterocycles. The summed E-state index contributed by atoms with van der Waals surface area (Å²) in [6, 6.07) is 0.495. The molecule has 3 nitrogen and oxygen atoms in total. The van der Waals surface area contributed by atoms with Gasteiger partial charge in [-0.3, -0.25) is 4.79 Å². The van der Waals surface area contributed by atoms with Crippen LogP contribution in [-0.2, 0) is 4.79 Å². The van der Waals surface area contributed by atoms with Crippen molar-refractivity contribution < 1.29 is 4.79 Å². The minimum atomic E-state index is 0.217. The van der Waals surface area contributed by atoms with E-state index in [1.807, 2.05) is 19.0 Å². The van der Waals surface area contributed by atoms with Gasteiger partial charge in [-0.15, -0.1) is 0 Å². The van der Waals surface area contributed by atoms with Crippen LogP contribution in [0.25, 0.3) is 0 Å². The number of hydrogen-bond acceptors (Lipinski definition) is 2. The number of nitrogens with one attached hydrogen (secondary N) is 1. The van der Waals surface area contributed by atoms with Crippen LogP contribution in [0.3, 0.4) is 0 Å². The molecule has 1 saturated carbocycles. The molecule has 0 aromatic rings. The summed E-state index contributed by atoms with van der Waals surface area (Å²) in [4.78, 5) is 13.4. The first kappa shape index (κ1) is 10.5. The molecule has 1 N–H and O–H groups in total. The van der Waals surface area contributed by atoms with Gasteiger partial charge in [-0.1, -0.05) is 19.3 Å². The van der Waals surface area contributed by atoms with E-state index in [-0.39, 0.29) is 5.91 Å². The lowest BCUT2D eigenvalue weighted by Crippen LogP contribution is -2.42. The SMILES string of the molecule is CNCC(=O)N(C)C1CCCCC1. The summed E-state index contributed by atoms with van der Waals surface area (Å²) in [6.07, 6.45) is 6.27. The lowest BCUT2D eigenvalue weighted by atomic mass is 9.94. The highest BCUT2D eigenvalue weighted by Crippen LogP contribution is 2.21. The summed E-state index contributed by atoms with van der Waals surface area (Å²) < 4.78 is 0. The smallest absolute Gasteiger partial charge is 0.236 e. The third-order valence-corrected chi connectivity index (χ3v) is 2.84. The van der Waals surface area contributed by atoms with Crippen molar-refractivity contribution in [2.45, 2.75) is 38.1 Å². The molecule has 0 spiro atoms. The van der Waals surface area contributed by atoms with Gasteiger partial charge in [0.25, 0.3) is 0 Å². The fourth-order valence-corrected chi connectivity index (χ4v) is 1.95. The molecule has 0 bridgehead atoms. The highest BCUT2D eigenvalue weighted by atomic mass is 16.2. The van der Waals surface area contributed by atoms with Crippen molar-refractivity contribution in [3.63, 3.8) is 0 Å². The average molecular weight is 184 g/mol. The summed E-state index contributed by atoms with van der Waals surface area (Å²) in [5, 5.41) is 2.90. The number of amides is 1. The number of likely N-dealkylation sites (N-methyl/N-ethyl adjacent to an activating group) is 2. The molecule has 0 heterocycles. The maximum atomic E-state index is 11.5. The third-order valence-electron chi connectivity index (χ3n) is 2.84. The third kappa shape index (κ3) is 2.99. The summed E-state index contributed by atoms with van der Waals surface area (Å²) >= 11 is 0. The fourth-order valence-electron chi connectivity index (χ4n) is 1.95. The molecule has 3 heteroatoms. The second-order valence-electron chi connectivity index (χ2n) is 3.83. The van der Waals surface area contributed by atoms with Gasteiger partial charge in [0.15, 0.2) is 0 Å². The van der Waals surface area contributed by atoms with Crippen molar-refractivity contribution in [2.24, 2.45) is 0 Å². The van der Waals surface area contributed by atoms with Crippen LogP contribution in [-0.4, -0.2) is 37.5 Å². The van der Waals surface area contributed by atoms with Gasteiger partial charge in [-0.25, -0.2) is 0 Å². The van der Waals surface area contributed by atoms with E-state index >= 15 is 0 Å². The summed E-state index contributed by atoms with van der Waals surface area (Å²) in [5.74, 6) is 0.217. The van der Waals surface area contributed by atoms with Gasteiger partial charge >= 0.3 is 0 Å². The summed E-state index contributed by atoms with van der Waals surface area (Å²) in [6.45, 7) is 0.465. The highest BCUT2D eigenvalue weighted by molar-refractivity contribution is 5.78. The molecular formula is C10H20N2O. The van der Waals surface area contributed by atoms with Crippen LogP contribution in [0.2, 0.25) is 0 Å². The largest absolute Gasteiger partial charge is 0.342 e. The molecule has 0 radical (unpaired) electrons. The Balaban J connectivity index is 2.35. The van der Waals surface area contributed by atoms with Gasteiger partial charge in [0, 0.05) is 13.1 Å². The van der Waals surface area contributed by atoms with Gasteiger partial charge < -0.3 is 10.2 Å². The van der Waals surface area contributed by atoms with Crippen LogP contribution in [0.4, 0.5) is 0 Å². The molecule has 1 aliphatic carbocycles. The van der Waals surface area contributed by atoms with Crippen molar-refractivity contribution in [3.05, 3.63) is 0 Å². The first-order valence-electron chi connectivity index (χ1n) is 5.16. The molecule has 1 rings (SSSR count). The van der Waals surface area contributed by atoms with Crippen LogP contribution < -0.4 is 5.32 Å². The molecule has 76 valence electrons. The van der Waals surface area contributed by atoms with E-state index in [2.05, 4.69) is 5.32 Å². The number of hydrogen-bond donors (Lipinski definition) is 1. The van der Waals surface area contributed by atoms with Crippen LogP contribution >= 0.6 is 0 Å². The number of carbonyl (C=O) groups excluding carboxylic acids is 1. The second-order valence-corrected chi connectivity index (χ2v) is 3.83. The van der Waals surface area contributed by atoms with E-state index in [0.29, 0.717) is 12.6 Å². The number of carbonyl (C=O) groups is 1. The normalized spacial score (nSPS) is 18.6. The zero-order chi connectivity index (χ0) is 9.68. The van der Waals surface area contributed by atoms with Crippen molar-refractivity contribution in [3.8, 4) is 0 Å². The van der Waals surface area contributed by atoms with Crippen LogP contribution in [0.15, 0.2) is 0 Å². The Hall–Kier alpha value is -0.570. The molecule has 13 heavy (non-hydrogen) atoms. The first-order chi connectivity index (χ1) is 6.25. The zero-order valence-corrected chi connectivity index (χ0v) is 8.68. The Kier molecular flexibility index (Phi) is 4.22. The van der Waals surface area contributed by atoms with E-state index in [0.717, 1.165) is 0 Å². The predicted molar refractivity (Wildman–Crippen MR) is 53.6 cm³/mol. The average Bonchev–Trinajstić information content (AvgIpc) is 2.18. The molecule has 1 amide bonds. The van der Waals surface area contributed by atoms with Gasteiger partial charge in [0.2, 0.25) is 5.91 Å². The lowest BCUT2D eigenvalue weighted by molar-refractivity contribution is -0.131. The Labute approximate surface area is 80.5 Å². The quantitative estimate of drug-likeness (QED) is 0.709. The fraction of sp³-hybridized carbons (Fsp3) is 0.900. The van der Waals surface area contributed by atoms with Gasteiger partial charge in [-0.2, -0.15) is 0 Å². The molecule has 0 aromatic carbocycles. The first-order valence-corrected chi connectivity index (χ1v) is 5.16. The van der Waals surface area contributed by atoms with Crippen LogP contribution in [0.5, 0.6) is 0 Å². The minimum absolute atomic E-state index is 0.217. The van der Waals surface area contributed by atoms with Crippen molar-refractivity contribution in [1.29, 1.82) is 0 Å². The molecule has 1 fully saturated rings. The molecule has 0 atom stereocenters. The molecule has 0 saturated heterocycles. The summed E-state index contributed by atoms with van der Waals surface area (Å²) in [5.41, 5.74) is 0. The van der Waals surface area contributed by atoms with E-state index in [9.17, 15) is 4.79 Å². The topological polar surface area (TPSA) is 32.3 Å². The summed E-state index contributed by atoms with van der Waals surface area (Å²) in [7, 11) is 3.74. The van der Waals surface area contributed by atoms with Gasteiger partial charge in [0.1, 0.15) is 0 Å². The van der Waals surface area contributed by atoms with Gasteiger partial charge in [0.05, 0.1) is 6.54 Å². The highest BCUT2D eigenvalue weighted by Gasteiger charge is 2.20.